The van der Waals surface area contributed by atoms with E-state index in [1.807, 2.05) is 0 Å². The second kappa shape index (κ2) is 6.46. The zero-order chi connectivity index (χ0) is 16.2. The number of nitrogens with one attached hydrogen (secondary N) is 2. The van der Waals surface area contributed by atoms with Gasteiger partial charge in [0.15, 0.2) is 0 Å². The van der Waals surface area contributed by atoms with Crippen molar-refractivity contribution in [3.05, 3.63) is 59.9 Å². The number of benzene rings is 2. The van der Waals surface area contributed by atoms with Crippen LogP contribution in [0.4, 0.5) is 28.9 Å². The van der Waals surface area contributed by atoms with Crippen molar-refractivity contribution in [2.45, 2.75) is 6.18 Å². The molecule has 0 saturated heterocycles. The molecule has 2 N–H and O–H groups in total. The van der Waals surface area contributed by atoms with E-state index in [-0.39, 0.29) is 12.2 Å². The van der Waals surface area contributed by atoms with Gasteiger partial charge in [-0.3, -0.25) is 4.79 Å². The van der Waals surface area contributed by atoms with Crippen molar-refractivity contribution >= 4 is 17.3 Å². The summed E-state index contributed by atoms with van der Waals surface area (Å²) in [5, 5.41) is 5.02. The minimum Gasteiger partial charge on any atom is -0.376 e. The highest BCUT2D eigenvalue weighted by Gasteiger charge is 2.29. The number of amides is 1. The first-order valence-corrected chi connectivity index (χ1v) is 6.32. The van der Waals surface area contributed by atoms with Gasteiger partial charge in [0.05, 0.1) is 17.8 Å². The van der Waals surface area contributed by atoms with Gasteiger partial charge >= 0.3 is 6.18 Å². The second-order valence-corrected chi connectivity index (χ2v) is 4.46. The van der Waals surface area contributed by atoms with Gasteiger partial charge in [-0.25, -0.2) is 4.39 Å². The molecule has 0 bridgehead atoms. The summed E-state index contributed by atoms with van der Waals surface area (Å²) in [5.41, 5.74) is -0.368. The predicted molar refractivity (Wildman–Crippen MR) is 75.0 cm³/mol. The number of hydrogen-bond donors (Lipinski definition) is 2. The van der Waals surface area contributed by atoms with Crippen LogP contribution in [0.3, 0.4) is 0 Å². The highest BCUT2D eigenvalue weighted by Crippen LogP contribution is 2.29. The van der Waals surface area contributed by atoms with E-state index in [4.69, 9.17) is 0 Å². The smallest absolute Gasteiger partial charge is 0.376 e. The molecule has 1 amide bonds. The van der Waals surface area contributed by atoms with E-state index in [0.29, 0.717) is 5.69 Å². The molecule has 0 aromatic heterocycles. The number of halogens is 4. The average Bonchev–Trinajstić information content (AvgIpc) is 2.47. The first kappa shape index (κ1) is 15.8. The van der Waals surface area contributed by atoms with E-state index >= 15 is 0 Å². The van der Waals surface area contributed by atoms with Crippen LogP contribution >= 0.6 is 0 Å². The van der Waals surface area contributed by atoms with Gasteiger partial charge in [-0.1, -0.05) is 12.1 Å². The number of para-hydroxylation sites is 1. The number of alkyl halides is 3. The Hall–Kier alpha value is -2.57. The summed E-state index contributed by atoms with van der Waals surface area (Å²) in [6, 6.07) is 9.95. The Bertz CT molecular complexity index is 653. The van der Waals surface area contributed by atoms with Crippen molar-refractivity contribution in [1.29, 1.82) is 0 Å². The second-order valence-electron chi connectivity index (χ2n) is 4.46. The SMILES string of the molecule is O=C(CNc1ccc(C(F)(F)F)cc1)Nc1ccccc1F. The molecule has 0 aliphatic carbocycles. The van der Waals surface area contributed by atoms with Gasteiger partial charge in [0.25, 0.3) is 0 Å². The monoisotopic (exact) mass is 312 g/mol. The lowest BCUT2D eigenvalue weighted by Gasteiger charge is -2.10. The van der Waals surface area contributed by atoms with E-state index in [1.165, 1.54) is 30.3 Å². The van der Waals surface area contributed by atoms with E-state index in [1.54, 1.807) is 6.07 Å². The summed E-state index contributed by atoms with van der Waals surface area (Å²) in [7, 11) is 0. The minimum atomic E-state index is -4.40. The fraction of sp³-hybridized carbons (Fsp3) is 0.133. The Morgan fingerprint density at radius 1 is 1.00 bits per heavy atom. The van der Waals surface area contributed by atoms with Gasteiger partial charge in [-0.05, 0) is 36.4 Å². The van der Waals surface area contributed by atoms with Crippen LogP contribution in [0.1, 0.15) is 5.56 Å². The van der Waals surface area contributed by atoms with Crippen LogP contribution in [0.25, 0.3) is 0 Å². The summed E-state index contributed by atoms with van der Waals surface area (Å²) < 4.78 is 50.5. The van der Waals surface area contributed by atoms with Gasteiger partial charge in [0, 0.05) is 5.69 Å². The molecule has 22 heavy (non-hydrogen) atoms. The van der Waals surface area contributed by atoms with Gasteiger partial charge in [0.1, 0.15) is 5.82 Å². The molecule has 0 saturated carbocycles. The van der Waals surface area contributed by atoms with E-state index in [2.05, 4.69) is 10.6 Å². The number of rotatable bonds is 4. The zero-order valence-electron chi connectivity index (χ0n) is 11.2. The molecule has 3 nitrogen and oxygen atoms in total. The first-order chi connectivity index (χ1) is 10.4. The molecule has 2 aromatic rings. The fourth-order valence-electron chi connectivity index (χ4n) is 1.72. The molecule has 7 heteroatoms. The minimum absolute atomic E-state index is 0.0433. The molecule has 0 spiro atoms. The van der Waals surface area contributed by atoms with Crippen molar-refractivity contribution in [2.24, 2.45) is 0 Å². The number of carbonyl (C=O) groups excluding carboxylic acids is 1. The fourth-order valence-corrected chi connectivity index (χ4v) is 1.72. The Balaban J connectivity index is 1.90. The van der Waals surface area contributed by atoms with Crippen LogP contribution in [-0.4, -0.2) is 12.5 Å². The van der Waals surface area contributed by atoms with Crippen molar-refractivity contribution in [2.75, 3.05) is 17.2 Å². The Labute approximate surface area is 124 Å². The number of hydrogen-bond acceptors (Lipinski definition) is 2. The molecule has 2 rings (SSSR count). The highest BCUT2D eigenvalue weighted by molar-refractivity contribution is 5.93. The third-order valence-corrected chi connectivity index (χ3v) is 2.81. The largest absolute Gasteiger partial charge is 0.416 e. The molecule has 0 radical (unpaired) electrons. The Morgan fingerprint density at radius 2 is 1.64 bits per heavy atom. The molecule has 116 valence electrons. The van der Waals surface area contributed by atoms with Crippen LogP contribution in [0, 0.1) is 5.82 Å². The summed E-state index contributed by atoms with van der Waals surface area (Å²) in [6.45, 7) is -0.195. The summed E-state index contributed by atoms with van der Waals surface area (Å²) in [6.07, 6.45) is -4.40. The van der Waals surface area contributed by atoms with Crippen LogP contribution in [0.2, 0.25) is 0 Å². The standard InChI is InChI=1S/C15H12F4N2O/c16-12-3-1-2-4-13(12)21-14(22)9-20-11-7-5-10(6-8-11)15(17,18)19/h1-8,20H,9H2,(H,21,22). The Kier molecular flexibility index (Phi) is 4.65. The molecular formula is C15H12F4N2O. The maximum atomic E-state index is 13.3. The molecule has 0 unspecified atom stereocenters. The van der Waals surface area contributed by atoms with Crippen LogP contribution in [-0.2, 0) is 11.0 Å². The van der Waals surface area contributed by atoms with Crippen molar-refractivity contribution in [3.8, 4) is 0 Å². The summed E-state index contributed by atoms with van der Waals surface area (Å²) in [5.74, 6) is -1.07. The average molecular weight is 312 g/mol. The normalized spacial score (nSPS) is 11.1. The van der Waals surface area contributed by atoms with Gasteiger partial charge in [-0.15, -0.1) is 0 Å². The van der Waals surface area contributed by atoms with Gasteiger partial charge in [-0.2, -0.15) is 13.2 Å². The quantitative estimate of drug-likeness (QED) is 0.841. The highest BCUT2D eigenvalue weighted by atomic mass is 19.4. The summed E-state index contributed by atoms with van der Waals surface area (Å²) >= 11 is 0. The lowest BCUT2D eigenvalue weighted by atomic mass is 10.2. The van der Waals surface area contributed by atoms with Crippen molar-refractivity contribution < 1.29 is 22.4 Å². The third kappa shape index (κ3) is 4.21. The molecule has 0 heterocycles. The maximum absolute atomic E-state index is 13.3. The van der Waals surface area contributed by atoms with E-state index in [0.717, 1.165) is 12.1 Å². The van der Waals surface area contributed by atoms with Crippen LogP contribution < -0.4 is 10.6 Å². The van der Waals surface area contributed by atoms with E-state index < -0.39 is 23.5 Å². The first-order valence-electron chi connectivity index (χ1n) is 6.32. The topological polar surface area (TPSA) is 41.1 Å². The number of carbonyl (C=O) groups is 1. The molecule has 0 atom stereocenters. The van der Waals surface area contributed by atoms with Crippen molar-refractivity contribution in [3.63, 3.8) is 0 Å². The van der Waals surface area contributed by atoms with Gasteiger partial charge in [0.2, 0.25) is 5.91 Å². The lowest BCUT2D eigenvalue weighted by Crippen LogP contribution is -2.22. The lowest BCUT2D eigenvalue weighted by molar-refractivity contribution is -0.137. The van der Waals surface area contributed by atoms with E-state index in [9.17, 15) is 22.4 Å². The maximum Gasteiger partial charge on any atom is 0.416 e. The molecule has 0 aliphatic heterocycles. The predicted octanol–water partition coefficient (Wildman–Crippen LogP) is 3.90. The third-order valence-electron chi connectivity index (χ3n) is 2.81. The van der Waals surface area contributed by atoms with Crippen LogP contribution in [0.5, 0.6) is 0 Å². The molecule has 0 fully saturated rings. The van der Waals surface area contributed by atoms with Crippen molar-refractivity contribution in [1.82, 2.24) is 0 Å². The number of anilines is 2. The summed E-state index contributed by atoms with van der Waals surface area (Å²) in [4.78, 5) is 11.6. The molecular weight excluding hydrogens is 300 g/mol. The Morgan fingerprint density at radius 3 is 2.23 bits per heavy atom. The molecule has 0 aliphatic rings. The molecule has 2 aromatic carbocycles. The van der Waals surface area contributed by atoms with Gasteiger partial charge < -0.3 is 10.6 Å². The van der Waals surface area contributed by atoms with Crippen LogP contribution in [0.15, 0.2) is 48.5 Å². The zero-order valence-corrected chi connectivity index (χ0v) is 11.2.